The first-order valence-corrected chi connectivity index (χ1v) is 11.3. The first-order chi connectivity index (χ1) is 13.6. The van der Waals surface area contributed by atoms with Crippen LogP contribution in [0.3, 0.4) is 0 Å². The smallest absolute Gasteiger partial charge is 0.322 e. The summed E-state index contributed by atoms with van der Waals surface area (Å²) in [7, 11) is 0. The van der Waals surface area contributed by atoms with Crippen molar-refractivity contribution in [1.82, 2.24) is 4.90 Å². The highest BCUT2D eigenvalue weighted by Gasteiger charge is 2.28. The van der Waals surface area contributed by atoms with Crippen LogP contribution in [0.25, 0.3) is 0 Å². The number of urea groups is 1. The SMILES string of the molecule is C[C@@H]1CCC[C@H](OCc2cccc(NC(=O)N3CCc4sccc4[C@@H]3C)c2)C1. The molecule has 1 saturated carbocycles. The number of carbonyl (C=O) groups excluding carboxylic acids is 1. The van der Waals surface area contributed by atoms with Gasteiger partial charge in [0.15, 0.2) is 0 Å². The summed E-state index contributed by atoms with van der Waals surface area (Å²) in [5.41, 5.74) is 3.24. The molecule has 1 aliphatic heterocycles. The van der Waals surface area contributed by atoms with E-state index < -0.39 is 0 Å². The van der Waals surface area contributed by atoms with Gasteiger partial charge in [-0.25, -0.2) is 4.79 Å². The van der Waals surface area contributed by atoms with Gasteiger partial charge in [-0.3, -0.25) is 0 Å². The van der Waals surface area contributed by atoms with Crippen LogP contribution in [0.2, 0.25) is 0 Å². The van der Waals surface area contributed by atoms with Gasteiger partial charge < -0.3 is 15.0 Å². The van der Waals surface area contributed by atoms with E-state index in [4.69, 9.17) is 4.74 Å². The lowest BCUT2D eigenvalue weighted by molar-refractivity contribution is 0.00468. The third-order valence-electron chi connectivity index (χ3n) is 6.09. The Morgan fingerprint density at radius 1 is 1.29 bits per heavy atom. The molecule has 0 unspecified atom stereocenters. The van der Waals surface area contributed by atoms with E-state index in [1.54, 1.807) is 11.3 Å². The van der Waals surface area contributed by atoms with Crippen molar-refractivity contribution in [2.45, 2.75) is 64.7 Å². The van der Waals surface area contributed by atoms with E-state index in [0.29, 0.717) is 12.7 Å². The quantitative estimate of drug-likeness (QED) is 0.687. The maximum atomic E-state index is 12.8. The molecule has 2 amide bonds. The Morgan fingerprint density at radius 2 is 2.18 bits per heavy atom. The molecule has 1 aliphatic carbocycles. The Bertz CT molecular complexity index is 818. The largest absolute Gasteiger partial charge is 0.374 e. The van der Waals surface area contributed by atoms with E-state index in [1.165, 1.54) is 23.3 Å². The molecule has 0 saturated heterocycles. The summed E-state index contributed by atoms with van der Waals surface area (Å²) in [5, 5.41) is 5.21. The number of nitrogens with zero attached hydrogens (tertiary/aromatic N) is 1. The van der Waals surface area contributed by atoms with E-state index in [9.17, 15) is 4.79 Å². The second-order valence-corrected chi connectivity index (χ2v) is 9.25. The number of fused-ring (bicyclic) bond motifs is 1. The zero-order valence-corrected chi connectivity index (χ0v) is 17.6. The fraction of sp³-hybridized carbons (Fsp3) is 0.522. The topological polar surface area (TPSA) is 41.6 Å². The minimum Gasteiger partial charge on any atom is -0.374 e. The molecule has 3 atom stereocenters. The van der Waals surface area contributed by atoms with Crippen molar-refractivity contribution in [2.24, 2.45) is 5.92 Å². The molecule has 1 N–H and O–H groups in total. The minimum absolute atomic E-state index is 0.0245. The van der Waals surface area contributed by atoms with Crippen LogP contribution in [0.1, 0.15) is 61.6 Å². The molecule has 1 aromatic carbocycles. The number of rotatable bonds is 4. The summed E-state index contributed by atoms with van der Waals surface area (Å²) in [6.07, 6.45) is 6.23. The highest BCUT2D eigenvalue weighted by atomic mass is 32.1. The maximum absolute atomic E-state index is 12.8. The van der Waals surface area contributed by atoms with Crippen molar-refractivity contribution >= 4 is 23.1 Å². The molecule has 2 aromatic rings. The van der Waals surface area contributed by atoms with Crippen LogP contribution >= 0.6 is 11.3 Å². The summed E-state index contributed by atoms with van der Waals surface area (Å²) in [4.78, 5) is 16.2. The normalized spacial score (nSPS) is 24.6. The highest BCUT2D eigenvalue weighted by molar-refractivity contribution is 7.10. The number of ether oxygens (including phenoxy) is 1. The van der Waals surface area contributed by atoms with E-state index in [0.717, 1.165) is 43.0 Å². The number of hydrogen-bond donors (Lipinski definition) is 1. The zero-order chi connectivity index (χ0) is 19.5. The number of hydrogen-bond acceptors (Lipinski definition) is 3. The average molecular weight is 399 g/mol. The van der Waals surface area contributed by atoms with Crippen LogP contribution in [-0.4, -0.2) is 23.6 Å². The Hall–Kier alpha value is -1.85. The molecule has 4 nitrogen and oxygen atoms in total. The second kappa shape index (κ2) is 8.66. The Labute approximate surface area is 171 Å². The predicted octanol–water partition coefficient (Wildman–Crippen LogP) is 5.99. The molecule has 150 valence electrons. The van der Waals surface area contributed by atoms with Crippen molar-refractivity contribution in [2.75, 3.05) is 11.9 Å². The summed E-state index contributed by atoms with van der Waals surface area (Å²) in [5.74, 6) is 0.764. The molecule has 2 aliphatic rings. The van der Waals surface area contributed by atoms with Gasteiger partial charge in [-0.2, -0.15) is 0 Å². The first kappa shape index (κ1) is 19.5. The summed E-state index contributed by atoms with van der Waals surface area (Å²) in [6.45, 7) is 5.80. The molecule has 1 aromatic heterocycles. The van der Waals surface area contributed by atoms with E-state index in [-0.39, 0.29) is 12.1 Å². The molecule has 28 heavy (non-hydrogen) atoms. The summed E-state index contributed by atoms with van der Waals surface area (Å²) in [6, 6.07) is 10.3. The number of anilines is 1. The van der Waals surface area contributed by atoms with Crippen molar-refractivity contribution in [3.8, 4) is 0 Å². The van der Waals surface area contributed by atoms with Gasteiger partial charge in [-0.05, 0) is 66.8 Å². The number of amides is 2. The van der Waals surface area contributed by atoms with Crippen LogP contribution in [0.5, 0.6) is 0 Å². The maximum Gasteiger partial charge on any atom is 0.322 e. The van der Waals surface area contributed by atoms with Crippen molar-refractivity contribution < 1.29 is 9.53 Å². The lowest BCUT2D eigenvalue weighted by Gasteiger charge is -2.33. The third kappa shape index (κ3) is 4.41. The highest BCUT2D eigenvalue weighted by Crippen LogP contribution is 2.33. The monoisotopic (exact) mass is 398 g/mol. The van der Waals surface area contributed by atoms with Crippen molar-refractivity contribution in [1.29, 1.82) is 0 Å². The van der Waals surface area contributed by atoms with Gasteiger partial charge in [0.25, 0.3) is 0 Å². The second-order valence-electron chi connectivity index (χ2n) is 8.25. The van der Waals surface area contributed by atoms with Gasteiger partial charge >= 0.3 is 6.03 Å². The van der Waals surface area contributed by atoms with Gasteiger partial charge in [0, 0.05) is 17.1 Å². The summed E-state index contributed by atoms with van der Waals surface area (Å²) < 4.78 is 6.14. The van der Waals surface area contributed by atoms with Gasteiger partial charge in [0.05, 0.1) is 18.8 Å². The zero-order valence-electron chi connectivity index (χ0n) is 16.8. The number of nitrogens with one attached hydrogen (secondary N) is 1. The average Bonchev–Trinajstić information content (AvgIpc) is 3.17. The molecule has 5 heteroatoms. The van der Waals surface area contributed by atoms with Crippen LogP contribution < -0.4 is 5.32 Å². The fourth-order valence-electron chi connectivity index (χ4n) is 4.46. The Kier molecular flexibility index (Phi) is 6.02. The van der Waals surface area contributed by atoms with Gasteiger partial charge in [0.2, 0.25) is 0 Å². The summed E-state index contributed by atoms with van der Waals surface area (Å²) >= 11 is 1.79. The number of thiophene rings is 1. The van der Waals surface area contributed by atoms with Crippen molar-refractivity contribution in [3.63, 3.8) is 0 Å². The van der Waals surface area contributed by atoms with Crippen LogP contribution in [0, 0.1) is 5.92 Å². The Balaban J connectivity index is 1.35. The lowest BCUT2D eigenvalue weighted by Crippen LogP contribution is -2.40. The van der Waals surface area contributed by atoms with Gasteiger partial charge in [-0.1, -0.05) is 31.9 Å². The third-order valence-corrected chi connectivity index (χ3v) is 7.09. The van der Waals surface area contributed by atoms with E-state index >= 15 is 0 Å². The number of benzene rings is 1. The van der Waals surface area contributed by atoms with Gasteiger partial charge in [-0.15, -0.1) is 11.3 Å². The van der Waals surface area contributed by atoms with Crippen molar-refractivity contribution in [3.05, 3.63) is 51.7 Å². The Morgan fingerprint density at radius 3 is 3.04 bits per heavy atom. The molecule has 0 spiro atoms. The first-order valence-electron chi connectivity index (χ1n) is 10.4. The van der Waals surface area contributed by atoms with Gasteiger partial charge in [0.1, 0.15) is 0 Å². The fourth-order valence-corrected chi connectivity index (χ4v) is 5.43. The lowest BCUT2D eigenvalue weighted by atomic mass is 9.89. The van der Waals surface area contributed by atoms with Crippen LogP contribution in [0.4, 0.5) is 10.5 Å². The predicted molar refractivity (Wildman–Crippen MR) is 115 cm³/mol. The molecule has 0 bridgehead atoms. The molecule has 0 radical (unpaired) electrons. The molecule has 1 fully saturated rings. The molecular weight excluding hydrogens is 368 g/mol. The molecule has 2 heterocycles. The molecule has 4 rings (SSSR count). The van der Waals surface area contributed by atoms with E-state index in [2.05, 4.69) is 36.7 Å². The minimum atomic E-state index is -0.0245. The number of carbonyl (C=O) groups is 1. The molecular formula is C23H30N2O2S. The standard InChI is InChI=1S/C23H30N2O2S/c1-16-5-3-8-20(13-16)27-15-18-6-4-7-19(14-18)24-23(26)25-11-9-22-21(17(25)2)10-12-28-22/h4,6-7,10,12,14,16-17,20H,3,5,8-9,11,13,15H2,1-2H3,(H,24,26)/t16-,17+,20+/m1/s1. The van der Waals surface area contributed by atoms with Crippen LogP contribution in [-0.2, 0) is 17.8 Å². The van der Waals surface area contributed by atoms with E-state index in [1.807, 2.05) is 23.1 Å². The van der Waals surface area contributed by atoms with Crippen LogP contribution in [0.15, 0.2) is 35.7 Å².